The lowest BCUT2D eigenvalue weighted by atomic mass is 10.1. The van der Waals surface area contributed by atoms with E-state index in [4.69, 9.17) is 17.2 Å². The maximum atomic E-state index is 13.3. The van der Waals surface area contributed by atoms with Crippen LogP contribution < -0.4 is 33.2 Å². The third kappa shape index (κ3) is 10.9. The van der Waals surface area contributed by atoms with Gasteiger partial charge in [-0.15, -0.1) is 0 Å². The van der Waals surface area contributed by atoms with Crippen molar-refractivity contribution in [3.05, 3.63) is 71.4 Å². The molecule has 4 amide bonds. The molecule has 238 valence electrons. The Morgan fingerprint density at radius 2 is 1.57 bits per heavy atom. The molecule has 0 saturated carbocycles. The molecule has 0 spiro atoms. The zero-order valence-corrected chi connectivity index (χ0v) is 25.9. The van der Waals surface area contributed by atoms with E-state index in [0.717, 1.165) is 60.2 Å². The van der Waals surface area contributed by atoms with Gasteiger partial charge in [-0.25, -0.2) is 4.79 Å². The molecule has 0 aliphatic heterocycles. The second-order valence-corrected chi connectivity index (χ2v) is 10.7. The van der Waals surface area contributed by atoms with Crippen molar-refractivity contribution in [2.24, 2.45) is 22.2 Å². The summed E-state index contributed by atoms with van der Waals surface area (Å²) in [7, 11) is 0. The van der Waals surface area contributed by atoms with Crippen LogP contribution in [0.4, 0.5) is 4.79 Å². The van der Waals surface area contributed by atoms with Crippen molar-refractivity contribution < 1.29 is 14.4 Å². The van der Waals surface area contributed by atoms with Gasteiger partial charge in [-0.3, -0.25) is 14.6 Å². The minimum Gasteiger partial charge on any atom is -0.370 e. The van der Waals surface area contributed by atoms with Gasteiger partial charge in [-0.1, -0.05) is 56.3 Å². The second kappa shape index (κ2) is 17.5. The Kier molecular flexibility index (Phi) is 13.5. The normalized spacial score (nSPS) is 11.7. The number of amides is 4. The number of fused-ring (bicyclic) bond motifs is 1. The number of carbonyl (C=O) groups excluding carboxylic acids is 3. The summed E-state index contributed by atoms with van der Waals surface area (Å²) in [4.78, 5) is 43.9. The number of aliphatic imine (C=N–C) groups is 1. The molecule has 0 aliphatic carbocycles. The van der Waals surface area contributed by atoms with E-state index >= 15 is 0 Å². The van der Waals surface area contributed by atoms with Gasteiger partial charge in [0.25, 0.3) is 0 Å². The highest BCUT2D eigenvalue weighted by Crippen LogP contribution is 2.22. The maximum absolute atomic E-state index is 13.3. The molecule has 9 N–H and O–H groups in total. The fourth-order valence-electron chi connectivity index (χ4n) is 5.12. The summed E-state index contributed by atoms with van der Waals surface area (Å²) in [6, 6.07) is 14.2. The Balaban J connectivity index is 1.65. The number of aromatic nitrogens is 1. The van der Waals surface area contributed by atoms with Crippen molar-refractivity contribution in [2.75, 3.05) is 26.2 Å². The Bertz CT molecular complexity index is 1390. The third-order valence-corrected chi connectivity index (χ3v) is 7.54. The summed E-state index contributed by atoms with van der Waals surface area (Å²) in [6.07, 6.45) is 4.12. The van der Waals surface area contributed by atoms with E-state index in [0.29, 0.717) is 25.9 Å². The van der Waals surface area contributed by atoms with E-state index in [1.54, 1.807) is 0 Å². The molecule has 0 radical (unpaired) electrons. The van der Waals surface area contributed by atoms with E-state index in [2.05, 4.69) is 56.5 Å². The number of hydrogen-bond acceptors (Lipinski definition) is 5. The van der Waals surface area contributed by atoms with Crippen LogP contribution in [0.2, 0.25) is 0 Å². The number of nitrogens with one attached hydrogen (secondary N) is 3. The van der Waals surface area contributed by atoms with Crippen LogP contribution in [-0.4, -0.2) is 65.5 Å². The molecule has 44 heavy (non-hydrogen) atoms. The fourth-order valence-corrected chi connectivity index (χ4v) is 5.12. The topological polar surface area (TPSA) is 186 Å². The molecule has 0 fully saturated rings. The largest absolute Gasteiger partial charge is 0.370 e. The van der Waals surface area contributed by atoms with Crippen LogP contribution in [0.1, 0.15) is 49.8 Å². The van der Waals surface area contributed by atoms with Crippen LogP contribution in [0.5, 0.6) is 0 Å². The summed E-state index contributed by atoms with van der Waals surface area (Å²) in [5.74, 6) is -0.538. The first-order valence-corrected chi connectivity index (χ1v) is 15.2. The molecule has 3 aromatic rings. The summed E-state index contributed by atoms with van der Waals surface area (Å²) >= 11 is 0. The number of urea groups is 1. The number of benzene rings is 2. The summed E-state index contributed by atoms with van der Waals surface area (Å²) in [6.45, 7) is 9.22. The number of aryl methyl sites for hydroxylation is 1. The highest BCUT2D eigenvalue weighted by molar-refractivity contribution is 5.92. The quantitative estimate of drug-likeness (QED) is 0.0731. The molecular formula is C32H47N9O3. The Morgan fingerprint density at radius 1 is 0.909 bits per heavy atom. The number of hydrogen-bond donors (Lipinski definition) is 6. The van der Waals surface area contributed by atoms with Gasteiger partial charge in [0.1, 0.15) is 6.04 Å². The monoisotopic (exact) mass is 605 g/mol. The number of para-hydroxylation sites is 1. The SMILES string of the molecule is CCN(CC)CCCn1cc(CC(=O)N[C@H](CCCN=C(N)N)C(=O)NCc2ccc(CNC(N)=O)cc2)c2ccccc21. The average molecular weight is 606 g/mol. The van der Waals surface area contributed by atoms with Gasteiger partial charge in [0, 0.05) is 43.3 Å². The highest BCUT2D eigenvalue weighted by Gasteiger charge is 2.21. The zero-order chi connectivity index (χ0) is 31.9. The molecular weight excluding hydrogens is 558 g/mol. The van der Waals surface area contributed by atoms with Gasteiger partial charge in [0.15, 0.2) is 5.96 Å². The smallest absolute Gasteiger partial charge is 0.312 e. The minimum absolute atomic E-state index is 0.0157. The molecule has 0 unspecified atom stereocenters. The lowest BCUT2D eigenvalue weighted by molar-refractivity contribution is -0.129. The molecule has 12 nitrogen and oxygen atoms in total. The van der Waals surface area contributed by atoms with Crippen molar-refractivity contribution >= 4 is 34.7 Å². The maximum Gasteiger partial charge on any atom is 0.312 e. The van der Waals surface area contributed by atoms with Crippen LogP contribution in [0.3, 0.4) is 0 Å². The van der Waals surface area contributed by atoms with E-state index in [-0.39, 0.29) is 30.7 Å². The fraction of sp³-hybridized carbons (Fsp3) is 0.438. The van der Waals surface area contributed by atoms with Crippen LogP contribution in [0.25, 0.3) is 10.9 Å². The Morgan fingerprint density at radius 3 is 2.20 bits per heavy atom. The molecule has 12 heteroatoms. The van der Waals surface area contributed by atoms with Gasteiger partial charge in [0.05, 0.1) is 6.42 Å². The molecule has 3 rings (SSSR count). The van der Waals surface area contributed by atoms with Crippen molar-refractivity contribution in [1.82, 2.24) is 25.4 Å². The van der Waals surface area contributed by atoms with Crippen molar-refractivity contribution in [2.45, 2.75) is 65.2 Å². The van der Waals surface area contributed by atoms with Crippen molar-refractivity contribution in [1.29, 1.82) is 0 Å². The Labute approximate surface area is 259 Å². The molecule has 1 atom stereocenters. The minimum atomic E-state index is -0.752. The lowest BCUT2D eigenvalue weighted by Gasteiger charge is -2.18. The Hall–Kier alpha value is -4.58. The average Bonchev–Trinajstić information content (AvgIpc) is 3.35. The zero-order valence-electron chi connectivity index (χ0n) is 25.9. The first kappa shape index (κ1) is 33.9. The summed E-state index contributed by atoms with van der Waals surface area (Å²) in [5.41, 5.74) is 19.8. The highest BCUT2D eigenvalue weighted by atomic mass is 16.2. The number of guanidine groups is 1. The number of nitrogens with two attached hydrogens (primary N) is 3. The van der Waals surface area contributed by atoms with E-state index in [9.17, 15) is 14.4 Å². The number of carbonyl (C=O) groups is 3. The molecule has 0 saturated heterocycles. The molecule has 0 aliphatic rings. The van der Waals surface area contributed by atoms with Gasteiger partial charge in [0.2, 0.25) is 11.8 Å². The number of rotatable bonds is 18. The van der Waals surface area contributed by atoms with Crippen molar-refractivity contribution in [3.63, 3.8) is 0 Å². The van der Waals surface area contributed by atoms with E-state index in [1.807, 2.05) is 42.5 Å². The lowest BCUT2D eigenvalue weighted by Crippen LogP contribution is -2.47. The third-order valence-electron chi connectivity index (χ3n) is 7.54. The molecule has 1 aromatic heterocycles. The van der Waals surface area contributed by atoms with Gasteiger partial charge >= 0.3 is 6.03 Å². The van der Waals surface area contributed by atoms with Crippen LogP contribution in [0, 0.1) is 0 Å². The number of primary amides is 1. The van der Waals surface area contributed by atoms with Gasteiger partial charge < -0.3 is 42.6 Å². The number of nitrogens with zero attached hydrogens (tertiary/aromatic N) is 3. The van der Waals surface area contributed by atoms with E-state index in [1.165, 1.54) is 0 Å². The predicted octanol–water partition coefficient (Wildman–Crippen LogP) is 1.94. The summed E-state index contributed by atoms with van der Waals surface area (Å²) < 4.78 is 2.22. The summed E-state index contributed by atoms with van der Waals surface area (Å²) in [5, 5.41) is 9.45. The molecule has 0 bridgehead atoms. The second-order valence-electron chi connectivity index (χ2n) is 10.7. The van der Waals surface area contributed by atoms with E-state index < -0.39 is 12.1 Å². The standard InChI is InChI=1S/C32H47N9O3/c1-3-40(4-2)17-8-18-41-22-25(26-9-5-6-11-28(26)41)19-29(42)39-27(10-7-16-36-31(33)34)30(43)37-20-23-12-14-24(15-13-23)21-38-32(35)44/h5-6,9,11-15,22,27H,3-4,7-8,10,16-21H2,1-2H3,(H,37,43)(H,39,42)(H4,33,34,36)(H3,35,38,44)/t27-/m1/s1. The van der Waals surface area contributed by atoms with Crippen LogP contribution in [-0.2, 0) is 35.6 Å². The molecule has 1 heterocycles. The van der Waals surface area contributed by atoms with Crippen LogP contribution in [0.15, 0.2) is 59.7 Å². The van der Waals surface area contributed by atoms with Gasteiger partial charge in [-0.2, -0.15) is 0 Å². The predicted molar refractivity (Wildman–Crippen MR) is 175 cm³/mol. The first-order valence-electron chi connectivity index (χ1n) is 15.2. The van der Waals surface area contributed by atoms with Crippen LogP contribution >= 0.6 is 0 Å². The first-order chi connectivity index (χ1) is 21.2. The molecule has 2 aromatic carbocycles. The van der Waals surface area contributed by atoms with Crippen molar-refractivity contribution in [3.8, 4) is 0 Å². The van der Waals surface area contributed by atoms with Gasteiger partial charge in [-0.05, 0) is 61.7 Å².